The quantitative estimate of drug-likeness (QED) is 0.862. The zero-order chi connectivity index (χ0) is 12.5. The fourth-order valence-electron chi connectivity index (χ4n) is 3.21. The van der Waals surface area contributed by atoms with E-state index in [1.165, 1.54) is 24.8 Å². The highest BCUT2D eigenvalue weighted by atomic mass is 32.2. The minimum atomic E-state index is -0.0523. The van der Waals surface area contributed by atoms with Crippen LogP contribution in [0.25, 0.3) is 0 Å². The molecule has 0 radical (unpaired) electrons. The molecule has 0 amide bonds. The van der Waals surface area contributed by atoms with E-state index in [4.69, 9.17) is 0 Å². The number of hydrogen-bond donors (Lipinski definition) is 1. The van der Waals surface area contributed by atoms with Gasteiger partial charge in [0.2, 0.25) is 0 Å². The van der Waals surface area contributed by atoms with Gasteiger partial charge in [-0.15, -0.1) is 11.8 Å². The Balaban J connectivity index is 1.81. The topological polar surface area (TPSA) is 12.0 Å². The molecule has 3 rings (SSSR count). The maximum Gasteiger partial charge on any atom is 0.137 e. The summed E-state index contributed by atoms with van der Waals surface area (Å²) in [6, 6.07) is 6.47. The summed E-state index contributed by atoms with van der Waals surface area (Å²) in [6.07, 6.45) is 5.05. The van der Waals surface area contributed by atoms with Crippen LogP contribution in [-0.2, 0) is 0 Å². The molecule has 18 heavy (non-hydrogen) atoms. The average Bonchev–Trinajstić information content (AvgIpc) is 2.77. The molecule has 1 nitrogen and oxygen atoms in total. The molecule has 1 fully saturated rings. The second-order valence-electron chi connectivity index (χ2n) is 5.53. The first-order chi connectivity index (χ1) is 8.75. The van der Waals surface area contributed by atoms with E-state index in [-0.39, 0.29) is 5.82 Å². The fourth-order valence-corrected chi connectivity index (χ4v) is 4.35. The van der Waals surface area contributed by atoms with Gasteiger partial charge in [-0.1, -0.05) is 25.5 Å². The summed E-state index contributed by atoms with van der Waals surface area (Å²) in [6.45, 7) is 2.33. The van der Waals surface area contributed by atoms with Crippen LogP contribution < -0.4 is 5.32 Å². The van der Waals surface area contributed by atoms with E-state index in [0.717, 1.165) is 23.0 Å². The third-order valence-electron chi connectivity index (χ3n) is 4.30. The second-order valence-corrected chi connectivity index (χ2v) is 6.63. The number of thioether (sulfide) groups is 1. The molecular weight excluding hydrogens is 245 g/mol. The van der Waals surface area contributed by atoms with E-state index in [2.05, 4.69) is 18.3 Å². The van der Waals surface area contributed by atoms with E-state index in [9.17, 15) is 4.39 Å². The summed E-state index contributed by atoms with van der Waals surface area (Å²) in [5.74, 6) is 1.73. The molecule has 1 saturated carbocycles. The lowest BCUT2D eigenvalue weighted by molar-refractivity contribution is 0.364. The fraction of sp³-hybridized carbons (Fsp3) is 0.600. The van der Waals surface area contributed by atoms with Crippen LogP contribution in [0.1, 0.15) is 44.2 Å². The predicted molar refractivity (Wildman–Crippen MR) is 74.4 cm³/mol. The van der Waals surface area contributed by atoms with E-state index >= 15 is 0 Å². The average molecular weight is 265 g/mol. The molecule has 0 aromatic heterocycles. The number of halogens is 1. The number of nitrogens with one attached hydrogen (secondary N) is 1. The monoisotopic (exact) mass is 265 g/mol. The molecule has 1 aromatic rings. The lowest BCUT2D eigenvalue weighted by Gasteiger charge is -2.30. The van der Waals surface area contributed by atoms with Gasteiger partial charge in [0.25, 0.3) is 0 Å². The first-order valence-electron chi connectivity index (χ1n) is 6.93. The van der Waals surface area contributed by atoms with Crippen molar-refractivity contribution < 1.29 is 4.39 Å². The summed E-state index contributed by atoms with van der Waals surface area (Å²) in [5, 5.41) is 3.77. The van der Waals surface area contributed by atoms with Crippen molar-refractivity contribution >= 4 is 11.8 Å². The minimum Gasteiger partial charge on any atom is -0.307 e. The summed E-state index contributed by atoms with van der Waals surface area (Å²) in [7, 11) is 0. The smallest absolute Gasteiger partial charge is 0.137 e. The van der Waals surface area contributed by atoms with Gasteiger partial charge in [0.1, 0.15) is 5.82 Å². The van der Waals surface area contributed by atoms with Crippen LogP contribution >= 0.6 is 11.8 Å². The van der Waals surface area contributed by atoms with E-state index < -0.39 is 0 Å². The van der Waals surface area contributed by atoms with Crippen molar-refractivity contribution in [3.63, 3.8) is 0 Å². The van der Waals surface area contributed by atoms with Gasteiger partial charge in [-0.2, -0.15) is 0 Å². The second kappa shape index (κ2) is 5.22. The van der Waals surface area contributed by atoms with Gasteiger partial charge in [0.05, 0.1) is 0 Å². The highest BCUT2D eigenvalue weighted by Gasteiger charge is 2.29. The molecular formula is C15H20FNS. The third-order valence-corrected chi connectivity index (χ3v) is 5.46. The summed E-state index contributed by atoms with van der Waals surface area (Å²) in [5.41, 5.74) is 1.17. The first kappa shape index (κ1) is 12.5. The predicted octanol–water partition coefficient (Wildman–Crippen LogP) is 4.14. The number of fused-ring (bicyclic) bond motifs is 1. The van der Waals surface area contributed by atoms with Crippen molar-refractivity contribution in [1.82, 2.24) is 5.32 Å². The number of rotatable bonds is 2. The van der Waals surface area contributed by atoms with Gasteiger partial charge in [-0.05, 0) is 42.6 Å². The SMILES string of the molecule is CC1CCCC1NC1CCSc2c(F)cccc21. The first-order valence-corrected chi connectivity index (χ1v) is 7.91. The van der Waals surface area contributed by atoms with Gasteiger partial charge in [0.15, 0.2) is 0 Å². The van der Waals surface area contributed by atoms with Crippen LogP contribution in [0.3, 0.4) is 0 Å². The van der Waals surface area contributed by atoms with Gasteiger partial charge in [-0.25, -0.2) is 4.39 Å². The Hall–Kier alpha value is -0.540. The lowest BCUT2D eigenvalue weighted by atomic mass is 9.99. The zero-order valence-corrected chi connectivity index (χ0v) is 11.6. The summed E-state index contributed by atoms with van der Waals surface area (Å²) >= 11 is 1.66. The molecule has 0 spiro atoms. The molecule has 0 saturated heterocycles. The van der Waals surface area contributed by atoms with Crippen LogP contribution in [0.2, 0.25) is 0 Å². The van der Waals surface area contributed by atoms with Crippen LogP contribution in [-0.4, -0.2) is 11.8 Å². The third kappa shape index (κ3) is 2.30. The Morgan fingerprint density at radius 1 is 1.28 bits per heavy atom. The molecule has 2 aliphatic rings. The van der Waals surface area contributed by atoms with Crippen molar-refractivity contribution in [1.29, 1.82) is 0 Å². The minimum absolute atomic E-state index is 0.0523. The zero-order valence-electron chi connectivity index (χ0n) is 10.8. The van der Waals surface area contributed by atoms with Crippen LogP contribution in [0.4, 0.5) is 4.39 Å². The van der Waals surface area contributed by atoms with Crippen LogP contribution in [0.15, 0.2) is 23.1 Å². The lowest BCUT2D eigenvalue weighted by Crippen LogP contribution is -2.36. The molecule has 3 atom stereocenters. The van der Waals surface area contributed by atoms with Gasteiger partial charge >= 0.3 is 0 Å². The van der Waals surface area contributed by atoms with Gasteiger partial charge in [0, 0.05) is 17.0 Å². The number of hydrogen-bond acceptors (Lipinski definition) is 2. The Kier molecular flexibility index (Phi) is 3.62. The Labute approximate surface area is 113 Å². The summed E-state index contributed by atoms with van der Waals surface area (Å²) < 4.78 is 13.8. The van der Waals surface area contributed by atoms with E-state index in [1.807, 2.05) is 6.07 Å². The standard InChI is InChI=1S/C15H20FNS/c1-10-4-2-7-13(10)17-14-8-9-18-15-11(14)5-3-6-12(15)16/h3,5-6,10,13-14,17H,2,4,7-9H2,1H3. The van der Waals surface area contributed by atoms with Crippen molar-refractivity contribution in [2.24, 2.45) is 5.92 Å². The molecule has 98 valence electrons. The van der Waals surface area contributed by atoms with Crippen LogP contribution in [0, 0.1) is 11.7 Å². The number of benzene rings is 1. The van der Waals surface area contributed by atoms with Crippen LogP contribution in [0.5, 0.6) is 0 Å². The van der Waals surface area contributed by atoms with Crippen molar-refractivity contribution in [2.45, 2.75) is 49.6 Å². The Morgan fingerprint density at radius 3 is 2.94 bits per heavy atom. The Bertz CT molecular complexity index is 435. The van der Waals surface area contributed by atoms with E-state index in [1.54, 1.807) is 17.8 Å². The van der Waals surface area contributed by atoms with Crippen molar-refractivity contribution in [3.8, 4) is 0 Å². The molecule has 1 aromatic carbocycles. The normalized spacial score (nSPS) is 31.3. The molecule has 0 bridgehead atoms. The largest absolute Gasteiger partial charge is 0.307 e. The Morgan fingerprint density at radius 2 is 2.17 bits per heavy atom. The maximum atomic E-state index is 13.8. The molecule has 1 aliphatic heterocycles. The van der Waals surface area contributed by atoms with Crippen molar-refractivity contribution in [3.05, 3.63) is 29.6 Å². The molecule has 1 aliphatic carbocycles. The molecule has 1 N–H and O–H groups in total. The molecule has 3 unspecified atom stereocenters. The van der Waals surface area contributed by atoms with Crippen molar-refractivity contribution in [2.75, 3.05) is 5.75 Å². The van der Waals surface area contributed by atoms with E-state index in [0.29, 0.717) is 12.1 Å². The van der Waals surface area contributed by atoms with Gasteiger partial charge in [-0.3, -0.25) is 0 Å². The highest BCUT2D eigenvalue weighted by molar-refractivity contribution is 7.99. The maximum absolute atomic E-state index is 13.8. The highest BCUT2D eigenvalue weighted by Crippen LogP contribution is 2.39. The molecule has 3 heteroatoms. The molecule has 1 heterocycles. The van der Waals surface area contributed by atoms with Gasteiger partial charge < -0.3 is 5.32 Å². The summed E-state index contributed by atoms with van der Waals surface area (Å²) in [4.78, 5) is 0.868.